The molecule has 1 aromatic rings. The first-order valence-corrected chi connectivity index (χ1v) is 6.07. The molecule has 0 bridgehead atoms. The fourth-order valence-electron chi connectivity index (χ4n) is 1.40. The number of anilines is 1. The van der Waals surface area contributed by atoms with Crippen LogP contribution in [0, 0.1) is 0 Å². The van der Waals surface area contributed by atoms with Gasteiger partial charge in [0.05, 0.1) is 11.3 Å². The third kappa shape index (κ3) is 5.44. The van der Waals surface area contributed by atoms with Gasteiger partial charge in [-0.25, -0.2) is 0 Å². The number of nitrogens with one attached hydrogen (secondary N) is 2. The minimum absolute atomic E-state index is 0.0441. The number of hydrogen-bond donors (Lipinski definition) is 2. The van der Waals surface area contributed by atoms with Crippen LogP contribution >= 0.6 is 12.2 Å². The van der Waals surface area contributed by atoms with Crippen LogP contribution in [0.25, 0.3) is 0 Å². The van der Waals surface area contributed by atoms with Gasteiger partial charge in [-0.15, -0.1) is 0 Å². The smallest absolute Gasteiger partial charge is 0.361 e. The Balaban J connectivity index is 2.64. The number of benzene rings is 1. The highest BCUT2D eigenvalue weighted by Gasteiger charge is 2.33. The second kappa shape index (κ2) is 6.72. The van der Waals surface area contributed by atoms with Crippen molar-refractivity contribution in [2.24, 2.45) is 0 Å². The van der Waals surface area contributed by atoms with E-state index in [9.17, 15) is 13.2 Å². The molecule has 0 atom stereocenters. The molecule has 0 aromatic heterocycles. The number of thiocarbonyl (C=S) groups is 1. The Hall–Kier alpha value is -1.34. The molecule has 0 saturated carbocycles. The number of alkyl halides is 3. The molecule has 0 unspecified atom stereocenters. The summed E-state index contributed by atoms with van der Waals surface area (Å²) in [5.74, 6) is 0. The predicted octanol–water partition coefficient (Wildman–Crippen LogP) is 2.55. The van der Waals surface area contributed by atoms with Crippen molar-refractivity contribution in [2.75, 3.05) is 32.5 Å². The summed E-state index contributed by atoms with van der Waals surface area (Å²) in [6.07, 6.45) is -4.40. The average Bonchev–Trinajstić information content (AvgIpc) is 2.27. The average molecular weight is 291 g/mol. The molecule has 0 aliphatic heterocycles. The lowest BCUT2D eigenvalue weighted by atomic mass is 10.2. The van der Waals surface area contributed by atoms with E-state index >= 15 is 0 Å². The number of nitrogens with zero attached hydrogens (tertiary/aromatic N) is 1. The van der Waals surface area contributed by atoms with Crippen molar-refractivity contribution in [3.05, 3.63) is 29.8 Å². The van der Waals surface area contributed by atoms with E-state index in [0.717, 1.165) is 12.6 Å². The summed E-state index contributed by atoms with van der Waals surface area (Å²) >= 11 is 4.96. The topological polar surface area (TPSA) is 27.3 Å². The lowest BCUT2D eigenvalue weighted by Crippen LogP contribution is -2.34. The summed E-state index contributed by atoms with van der Waals surface area (Å²) in [5.41, 5.74) is -0.774. The van der Waals surface area contributed by atoms with Crippen LogP contribution in [0.4, 0.5) is 18.9 Å². The summed E-state index contributed by atoms with van der Waals surface area (Å²) in [5, 5.41) is 5.60. The van der Waals surface area contributed by atoms with Crippen molar-refractivity contribution in [3.63, 3.8) is 0 Å². The molecule has 1 rings (SSSR count). The van der Waals surface area contributed by atoms with E-state index in [1.165, 1.54) is 18.2 Å². The Kier molecular flexibility index (Phi) is 5.56. The molecule has 106 valence electrons. The monoisotopic (exact) mass is 291 g/mol. The van der Waals surface area contributed by atoms with E-state index in [-0.39, 0.29) is 10.8 Å². The molecule has 0 aliphatic carbocycles. The van der Waals surface area contributed by atoms with Crippen LogP contribution in [0.2, 0.25) is 0 Å². The normalized spacial score (nSPS) is 11.5. The van der Waals surface area contributed by atoms with E-state index in [0.29, 0.717) is 6.54 Å². The molecule has 0 aliphatic rings. The summed E-state index contributed by atoms with van der Waals surface area (Å²) in [4.78, 5) is 1.94. The van der Waals surface area contributed by atoms with Crippen molar-refractivity contribution < 1.29 is 13.2 Å². The van der Waals surface area contributed by atoms with E-state index in [4.69, 9.17) is 12.2 Å². The summed E-state index contributed by atoms with van der Waals surface area (Å²) in [7, 11) is 3.80. The molecule has 1 aromatic carbocycles. The van der Waals surface area contributed by atoms with Gasteiger partial charge in [-0.3, -0.25) is 0 Å². The predicted molar refractivity (Wildman–Crippen MR) is 74.2 cm³/mol. The fourth-order valence-corrected chi connectivity index (χ4v) is 1.61. The Labute approximate surface area is 115 Å². The van der Waals surface area contributed by atoms with Gasteiger partial charge in [-0.1, -0.05) is 12.1 Å². The molecule has 0 radical (unpaired) electrons. The number of rotatable bonds is 4. The highest BCUT2D eigenvalue weighted by molar-refractivity contribution is 7.80. The molecule has 0 heterocycles. The SMILES string of the molecule is CN(C)CCNC(=S)Nc1ccccc1C(F)(F)F. The summed E-state index contributed by atoms with van der Waals surface area (Å²) in [6, 6.07) is 5.24. The Morgan fingerprint density at radius 2 is 1.89 bits per heavy atom. The zero-order chi connectivity index (χ0) is 14.5. The van der Waals surface area contributed by atoms with Gasteiger partial charge < -0.3 is 15.5 Å². The largest absolute Gasteiger partial charge is 0.418 e. The van der Waals surface area contributed by atoms with E-state index in [1.54, 1.807) is 0 Å². The summed E-state index contributed by atoms with van der Waals surface area (Å²) < 4.78 is 38.2. The fraction of sp³-hybridized carbons (Fsp3) is 0.417. The van der Waals surface area contributed by atoms with Crippen molar-refractivity contribution in [1.29, 1.82) is 0 Å². The van der Waals surface area contributed by atoms with Gasteiger partial charge in [0.25, 0.3) is 0 Å². The van der Waals surface area contributed by atoms with Gasteiger partial charge in [0.2, 0.25) is 0 Å². The van der Waals surface area contributed by atoms with E-state index in [2.05, 4.69) is 10.6 Å². The van der Waals surface area contributed by atoms with Crippen LogP contribution in [-0.4, -0.2) is 37.2 Å². The quantitative estimate of drug-likeness (QED) is 0.834. The molecule has 0 amide bonds. The van der Waals surface area contributed by atoms with Gasteiger partial charge in [-0.2, -0.15) is 13.2 Å². The maximum Gasteiger partial charge on any atom is 0.418 e. The van der Waals surface area contributed by atoms with Crippen LogP contribution in [0.15, 0.2) is 24.3 Å². The van der Waals surface area contributed by atoms with Gasteiger partial charge in [0, 0.05) is 13.1 Å². The third-order valence-electron chi connectivity index (χ3n) is 2.33. The lowest BCUT2D eigenvalue weighted by molar-refractivity contribution is -0.136. The minimum Gasteiger partial charge on any atom is -0.361 e. The first kappa shape index (κ1) is 15.7. The first-order valence-electron chi connectivity index (χ1n) is 5.66. The first-order chi connectivity index (χ1) is 8.80. The van der Waals surface area contributed by atoms with Crippen LogP contribution in [0.5, 0.6) is 0 Å². The van der Waals surface area contributed by atoms with Crippen LogP contribution < -0.4 is 10.6 Å². The molecule has 0 saturated heterocycles. The highest BCUT2D eigenvalue weighted by Crippen LogP contribution is 2.34. The molecule has 2 N–H and O–H groups in total. The van der Waals surface area contributed by atoms with Crippen molar-refractivity contribution in [3.8, 4) is 0 Å². The van der Waals surface area contributed by atoms with Crippen molar-refractivity contribution >= 4 is 23.0 Å². The Morgan fingerprint density at radius 1 is 1.26 bits per heavy atom. The van der Waals surface area contributed by atoms with Crippen LogP contribution in [0.3, 0.4) is 0 Å². The summed E-state index contributed by atoms with van der Waals surface area (Å²) in [6.45, 7) is 1.30. The second-order valence-electron chi connectivity index (χ2n) is 4.23. The number of para-hydroxylation sites is 1. The molecule has 7 heteroatoms. The van der Waals surface area contributed by atoms with Crippen molar-refractivity contribution in [2.45, 2.75) is 6.18 Å². The zero-order valence-corrected chi connectivity index (χ0v) is 11.5. The molecule has 0 fully saturated rings. The standard InChI is InChI=1S/C12H16F3N3S/c1-18(2)8-7-16-11(19)17-10-6-4-3-5-9(10)12(13,14)15/h3-6H,7-8H2,1-2H3,(H2,16,17,19). The molecular formula is C12H16F3N3S. The van der Waals surface area contributed by atoms with Crippen LogP contribution in [0.1, 0.15) is 5.56 Å². The molecule has 3 nitrogen and oxygen atoms in total. The molecule has 0 spiro atoms. The number of halogens is 3. The number of likely N-dealkylation sites (N-methyl/N-ethyl adjacent to an activating group) is 1. The maximum atomic E-state index is 12.7. The Morgan fingerprint density at radius 3 is 2.47 bits per heavy atom. The van der Waals surface area contributed by atoms with Crippen LogP contribution in [-0.2, 0) is 6.18 Å². The zero-order valence-electron chi connectivity index (χ0n) is 10.7. The van der Waals surface area contributed by atoms with Gasteiger partial charge in [0.1, 0.15) is 0 Å². The van der Waals surface area contributed by atoms with E-state index in [1.807, 2.05) is 19.0 Å². The lowest BCUT2D eigenvalue weighted by Gasteiger charge is -2.16. The highest BCUT2D eigenvalue weighted by atomic mass is 32.1. The molecular weight excluding hydrogens is 275 g/mol. The molecule has 19 heavy (non-hydrogen) atoms. The van der Waals surface area contributed by atoms with Gasteiger partial charge in [0.15, 0.2) is 5.11 Å². The maximum absolute atomic E-state index is 12.7. The van der Waals surface area contributed by atoms with Gasteiger partial charge in [-0.05, 0) is 38.4 Å². The Bertz CT molecular complexity index is 432. The minimum atomic E-state index is -4.40. The van der Waals surface area contributed by atoms with E-state index < -0.39 is 11.7 Å². The third-order valence-corrected chi connectivity index (χ3v) is 2.57. The second-order valence-corrected chi connectivity index (χ2v) is 4.64. The van der Waals surface area contributed by atoms with Crippen molar-refractivity contribution in [1.82, 2.24) is 10.2 Å². The van der Waals surface area contributed by atoms with Gasteiger partial charge >= 0.3 is 6.18 Å². The number of hydrogen-bond acceptors (Lipinski definition) is 2.